The van der Waals surface area contributed by atoms with Crippen LogP contribution in [0.1, 0.15) is 5.69 Å². The third kappa shape index (κ3) is 4.01. The number of nitrogens with zero attached hydrogens (tertiary/aromatic N) is 1. The van der Waals surface area contributed by atoms with E-state index in [0.29, 0.717) is 10.0 Å². The van der Waals surface area contributed by atoms with Crippen molar-refractivity contribution in [2.75, 3.05) is 5.75 Å². The maximum Gasteiger partial charge on any atom is 0.309 e. The molecule has 0 amide bonds. The summed E-state index contributed by atoms with van der Waals surface area (Å²) in [4.78, 5) is 14.2. The molecule has 0 aliphatic carbocycles. The number of carboxylic acid groups (broad SMARTS) is 1. The van der Waals surface area contributed by atoms with Crippen LogP contribution in [0.25, 0.3) is 0 Å². The van der Waals surface area contributed by atoms with Crippen molar-refractivity contribution in [3.8, 4) is 0 Å². The highest BCUT2D eigenvalue weighted by molar-refractivity contribution is 8.01. The zero-order chi connectivity index (χ0) is 10.6. The molecule has 3 nitrogen and oxygen atoms in total. The lowest BCUT2D eigenvalue weighted by molar-refractivity contribution is -0.136. The van der Waals surface area contributed by atoms with Crippen molar-refractivity contribution in [3.05, 3.63) is 11.1 Å². The van der Waals surface area contributed by atoms with Crippen LogP contribution in [-0.2, 0) is 11.2 Å². The van der Waals surface area contributed by atoms with Crippen LogP contribution in [0.15, 0.2) is 9.72 Å². The fourth-order valence-corrected chi connectivity index (χ4v) is 2.34. The Bertz CT molecular complexity index is 316. The summed E-state index contributed by atoms with van der Waals surface area (Å²) >= 11 is 2.13. The van der Waals surface area contributed by atoms with Gasteiger partial charge in [-0.15, -0.1) is 11.3 Å². The summed E-state index contributed by atoms with van der Waals surface area (Å²) in [5.74, 6) is -1.28. The first-order chi connectivity index (χ1) is 6.58. The van der Waals surface area contributed by atoms with Crippen molar-refractivity contribution in [2.24, 2.45) is 0 Å². The van der Waals surface area contributed by atoms with Crippen molar-refractivity contribution in [3.63, 3.8) is 0 Å². The maximum absolute atomic E-state index is 11.8. The number of halogens is 2. The number of alkyl halides is 2. The molecule has 1 aromatic heterocycles. The minimum absolute atomic E-state index is 0.161. The molecule has 0 aromatic carbocycles. The van der Waals surface area contributed by atoms with Crippen molar-refractivity contribution in [2.45, 2.75) is 17.2 Å². The van der Waals surface area contributed by atoms with Gasteiger partial charge in [0.25, 0.3) is 0 Å². The monoisotopic (exact) mass is 239 g/mol. The lowest BCUT2D eigenvalue weighted by Gasteiger charge is -1.94. The van der Waals surface area contributed by atoms with Gasteiger partial charge in [0.05, 0.1) is 17.9 Å². The molecule has 0 spiro atoms. The Hall–Kier alpha value is -0.690. The molecule has 0 aliphatic rings. The van der Waals surface area contributed by atoms with E-state index in [4.69, 9.17) is 5.11 Å². The normalized spacial score (nSPS) is 10.8. The van der Waals surface area contributed by atoms with Gasteiger partial charge < -0.3 is 5.11 Å². The number of carboxylic acids is 1. The van der Waals surface area contributed by atoms with Crippen molar-refractivity contribution >= 4 is 29.1 Å². The molecule has 0 bridgehead atoms. The SMILES string of the molecule is O=C(O)Cc1csc(SCC(F)F)n1. The van der Waals surface area contributed by atoms with Crippen LogP contribution in [0.4, 0.5) is 8.78 Å². The highest BCUT2D eigenvalue weighted by atomic mass is 32.2. The molecule has 0 unspecified atom stereocenters. The number of hydrogen-bond donors (Lipinski definition) is 1. The average molecular weight is 239 g/mol. The molecule has 14 heavy (non-hydrogen) atoms. The molecule has 1 aromatic rings. The Morgan fingerprint density at radius 3 is 3.00 bits per heavy atom. The van der Waals surface area contributed by atoms with Gasteiger partial charge in [-0.3, -0.25) is 4.79 Å². The van der Waals surface area contributed by atoms with Gasteiger partial charge in [0, 0.05) is 5.38 Å². The van der Waals surface area contributed by atoms with Gasteiger partial charge in [0.2, 0.25) is 6.43 Å². The van der Waals surface area contributed by atoms with Gasteiger partial charge in [-0.25, -0.2) is 13.8 Å². The topological polar surface area (TPSA) is 50.2 Å². The number of aliphatic carboxylic acids is 1. The highest BCUT2D eigenvalue weighted by Crippen LogP contribution is 2.24. The average Bonchev–Trinajstić information content (AvgIpc) is 2.47. The summed E-state index contributed by atoms with van der Waals surface area (Å²) in [5.41, 5.74) is 0.416. The van der Waals surface area contributed by atoms with Crippen molar-refractivity contribution in [1.82, 2.24) is 4.98 Å². The number of carbonyl (C=O) groups is 1. The van der Waals surface area contributed by atoms with Gasteiger partial charge in [-0.05, 0) is 0 Å². The molecule has 0 saturated heterocycles. The van der Waals surface area contributed by atoms with E-state index in [1.54, 1.807) is 5.38 Å². The smallest absolute Gasteiger partial charge is 0.309 e. The Morgan fingerprint density at radius 2 is 2.43 bits per heavy atom. The van der Waals surface area contributed by atoms with E-state index in [-0.39, 0.29) is 12.2 Å². The van der Waals surface area contributed by atoms with E-state index in [2.05, 4.69) is 4.98 Å². The Labute approximate surface area is 87.2 Å². The Morgan fingerprint density at radius 1 is 1.71 bits per heavy atom. The fraction of sp³-hybridized carbons (Fsp3) is 0.429. The number of rotatable bonds is 5. The van der Waals surface area contributed by atoms with Gasteiger partial charge in [0.1, 0.15) is 4.34 Å². The van der Waals surface area contributed by atoms with E-state index in [1.807, 2.05) is 0 Å². The molecule has 0 saturated carbocycles. The van der Waals surface area contributed by atoms with Crippen LogP contribution in [0, 0.1) is 0 Å². The first-order valence-corrected chi connectivity index (χ1v) is 5.51. The minimum Gasteiger partial charge on any atom is -0.481 e. The quantitative estimate of drug-likeness (QED) is 0.800. The zero-order valence-corrected chi connectivity index (χ0v) is 8.58. The summed E-state index contributed by atoms with van der Waals surface area (Å²) in [5, 5.41) is 10.0. The largest absolute Gasteiger partial charge is 0.481 e. The summed E-state index contributed by atoms with van der Waals surface area (Å²) in [7, 11) is 0. The van der Waals surface area contributed by atoms with E-state index >= 15 is 0 Å². The molecule has 1 rings (SSSR count). The van der Waals surface area contributed by atoms with Crippen molar-refractivity contribution < 1.29 is 18.7 Å². The lowest BCUT2D eigenvalue weighted by atomic mass is 10.3. The van der Waals surface area contributed by atoms with Gasteiger partial charge in [-0.2, -0.15) is 0 Å². The first-order valence-electron chi connectivity index (χ1n) is 3.65. The van der Waals surface area contributed by atoms with E-state index in [0.717, 1.165) is 11.8 Å². The summed E-state index contributed by atoms with van der Waals surface area (Å²) in [6.07, 6.45) is -2.53. The molecular formula is C7H7F2NO2S2. The molecular weight excluding hydrogens is 232 g/mol. The van der Waals surface area contributed by atoms with Gasteiger partial charge in [0.15, 0.2) is 0 Å². The van der Waals surface area contributed by atoms with Crippen LogP contribution in [-0.4, -0.2) is 28.2 Å². The molecule has 1 N–H and O–H groups in total. The molecule has 1 heterocycles. The van der Waals surface area contributed by atoms with Crippen molar-refractivity contribution in [1.29, 1.82) is 0 Å². The zero-order valence-electron chi connectivity index (χ0n) is 6.94. The molecule has 7 heteroatoms. The van der Waals surface area contributed by atoms with Crippen LogP contribution in [0.5, 0.6) is 0 Å². The van der Waals surface area contributed by atoms with E-state index in [9.17, 15) is 13.6 Å². The van der Waals surface area contributed by atoms with Crippen LogP contribution >= 0.6 is 23.1 Å². The van der Waals surface area contributed by atoms with Gasteiger partial charge >= 0.3 is 5.97 Å². The second-order valence-corrected chi connectivity index (χ2v) is 4.50. The predicted molar refractivity (Wildman–Crippen MR) is 50.2 cm³/mol. The number of hydrogen-bond acceptors (Lipinski definition) is 4. The van der Waals surface area contributed by atoms with Crippen LogP contribution in [0.3, 0.4) is 0 Å². The second-order valence-electron chi connectivity index (χ2n) is 2.38. The highest BCUT2D eigenvalue weighted by Gasteiger charge is 2.09. The van der Waals surface area contributed by atoms with Crippen LogP contribution < -0.4 is 0 Å². The van der Waals surface area contributed by atoms with E-state index < -0.39 is 12.4 Å². The lowest BCUT2D eigenvalue weighted by Crippen LogP contribution is -2.00. The molecule has 0 radical (unpaired) electrons. The molecule has 0 atom stereocenters. The minimum atomic E-state index is -2.37. The summed E-state index contributed by atoms with van der Waals surface area (Å²) in [6, 6.07) is 0. The number of thioether (sulfide) groups is 1. The second kappa shape index (κ2) is 5.26. The molecule has 0 fully saturated rings. The fourth-order valence-electron chi connectivity index (χ4n) is 0.725. The van der Waals surface area contributed by atoms with E-state index in [1.165, 1.54) is 11.3 Å². The maximum atomic E-state index is 11.8. The van der Waals surface area contributed by atoms with Gasteiger partial charge in [-0.1, -0.05) is 11.8 Å². The summed E-state index contributed by atoms with van der Waals surface area (Å²) in [6.45, 7) is 0. The molecule has 78 valence electrons. The van der Waals surface area contributed by atoms with Crippen LogP contribution in [0.2, 0.25) is 0 Å². The molecule has 0 aliphatic heterocycles. The standard InChI is InChI=1S/C7H7F2NO2S2/c8-5(9)3-14-7-10-4(2-13-7)1-6(11)12/h2,5H,1,3H2,(H,11,12). The third-order valence-corrected chi connectivity index (χ3v) is 3.28. The number of thiazole rings is 1. The number of aromatic nitrogens is 1. The Kier molecular flexibility index (Phi) is 4.27. The summed E-state index contributed by atoms with van der Waals surface area (Å²) < 4.78 is 24.1. The third-order valence-electron chi connectivity index (χ3n) is 1.20. The Balaban J connectivity index is 2.46. The first kappa shape index (κ1) is 11.4. The predicted octanol–water partition coefficient (Wildman–Crippen LogP) is 2.13.